The number of hydrogen-bond donors (Lipinski definition) is 3. The van der Waals surface area contributed by atoms with Gasteiger partial charge in [0.25, 0.3) is 0 Å². The summed E-state index contributed by atoms with van der Waals surface area (Å²) in [6.07, 6.45) is 1.59. The van der Waals surface area contributed by atoms with E-state index in [1.807, 2.05) is 66.7 Å². The first-order valence-corrected chi connectivity index (χ1v) is 7.74. The van der Waals surface area contributed by atoms with Gasteiger partial charge in [-0.1, -0.05) is 48.5 Å². The molecule has 0 aliphatic rings. The molecule has 0 heterocycles. The molecule has 6 nitrogen and oxygen atoms in total. The lowest BCUT2D eigenvalue weighted by Gasteiger charge is -2.09. The minimum atomic E-state index is -0.429. The van der Waals surface area contributed by atoms with Crippen LogP contribution < -0.4 is 16.6 Å². The Labute approximate surface area is 145 Å². The monoisotopic (exact) mass is 334 g/mol. The number of urea groups is 1. The SMILES string of the molecule is N/N=C\c1ccc2cc(NC(=O)NOCc3ccccc3)ccc2c1. The van der Waals surface area contributed by atoms with Gasteiger partial charge >= 0.3 is 6.03 Å². The van der Waals surface area contributed by atoms with Crippen LogP contribution in [0.5, 0.6) is 0 Å². The summed E-state index contributed by atoms with van der Waals surface area (Å²) in [7, 11) is 0. The fraction of sp³-hybridized carbons (Fsp3) is 0.0526. The Hall–Kier alpha value is -3.38. The number of anilines is 1. The van der Waals surface area contributed by atoms with Crippen molar-refractivity contribution in [3.05, 3.63) is 77.9 Å². The number of fused-ring (bicyclic) bond motifs is 1. The van der Waals surface area contributed by atoms with Crippen molar-refractivity contribution in [3.63, 3.8) is 0 Å². The lowest BCUT2D eigenvalue weighted by molar-refractivity contribution is 0.0536. The zero-order valence-corrected chi connectivity index (χ0v) is 13.5. The molecule has 6 heteroatoms. The number of hydrazone groups is 1. The minimum absolute atomic E-state index is 0.303. The Morgan fingerprint density at radius 1 is 1.04 bits per heavy atom. The molecule has 2 amide bonds. The third-order valence-corrected chi connectivity index (χ3v) is 3.59. The first-order valence-electron chi connectivity index (χ1n) is 7.74. The lowest BCUT2D eigenvalue weighted by Crippen LogP contribution is -2.28. The van der Waals surface area contributed by atoms with Gasteiger partial charge in [0.05, 0.1) is 12.8 Å². The van der Waals surface area contributed by atoms with Crippen LogP contribution in [-0.4, -0.2) is 12.2 Å². The molecule has 0 aromatic heterocycles. The molecule has 0 aliphatic heterocycles. The quantitative estimate of drug-likeness (QED) is 0.380. The number of amides is 2. The highest BCUT2D eigenvalue weighted by Crippen LogP contribution is 2.20. The molecule has 0 unspecified atom stereocenters. The molecule has 4 N–H and O–H groups in total. The summed E-state index contributed by atoms with van der Waals surface area (Å²) in [5, 5.41) is 8.28. The van der Waals surface area contributed by atoms with Gasteiger partial charge in [0.1, 0.15) is 0 Å². The van der Waals surface area contributed by atoms with Crippen molar-refractivity contribution in [2.24, 2.45) is 10.9 Å². The summed E-state index contributed by atoms with van der Waals surface area (Å²) in [4.78, 5) is 17.1. The van der Waals surface area contributed by atoms with E-state index in [2.05, 4.69) is 15.9 Å². The first-order chi connectivity index (χ1) is 12.2. The molecule has 0 saturated carbocycles. The van der Waals surface area contributed by atoms with E-state index in [-0.39, 0.29) is 0 Å². The predicted octanol–water partition coefficient (Wildman–Crippen LogP) is 3.39. The smallest absolute Gasteiger partial charge is 0.323 e. The van der Waals surface area contributed by atoms with Gasteiger partial charge in [0, 0.05) is 5.69 Å². The van der Waals surface area contributed by atoms with E-state index in [1.54, 1.807) is 6.21 Å². The topological polar surface area (TPSA) is 88.7 Å². The summed E-state index contributed by atoms with van der Waals surface area (Å²) in [6, 6.07) is 20.6. The Bertz CT molecular complexity index is 894. The highest BCUT2D eigenvalue weighted by Gasteiger charge is 2.03. The summed E-state index contributed by atoms with van der Waals surface area (Å²) in [5.74, 6) is 5.16. The largest absolute Gasteiger partial charge is 0.343 e. The zero-order chi connectivity index (χ0) is 17.5. The van der Waals surface area contributed by atoms with Crippen molar-refractivity contribution in [2.75, 3.05) is 5.32 Å². The minimum Gasteiger partial charge on any atom is -0.323 e. The third-order valence-electron chi connectivity index (χ3n) is 3.59. The van der Waals surface area contributed by atoms with Crippen LogP contribution in [0.25, 0.3) is 10.8 Å². The normalized spacial score (nSPS) is 10.9. The predicted molar refractivity (Wildman–Crippen MR) is 99.1 cm³/mol. The number of carbonyl (C=O) groups excluding carboxylic acids is 1. The maximum absolute atomic E-state index is 11.9. The molecule has 0 spiro atoms. The van der Waals surface area contributed by atoms with Crippen LogP contribution in [0, 0.1) is 0 Å². The molecule has 0 radical (unpaired) electrons. The Balaban J connectivity index is 1.58. The van der Waals surface area contributed by atoms with Crippen molar-refractivity contribution in [1.29, 1.82) is 0 Å². The molecular formula is C19H18N4O2. The number of benzene rings is 3. The summed E-state index contributed by atoms with van der Waals surface area (Å²) in [6.45, 7) is 0.303. The second kappa shape index (κ2) is 7.94. The van der Waals surface area contributed by atoms with Gasteiger partial charge in [-0.25, -0.2) is 10.3 Å². The van der Waals surface area contributed by atoms with Crippen molar-refractivity contribution in [1.82, 2.24) is 5.48 Å². The van der Waals surface area contributed by atoms with Crippen LogP contribution in [-0.2, 0) is 11.4 Å². The van der Waals surface area contributed by atoms with Crippen molar-refractivity contribution < 1.29 is 9.63 Å². The average Bonchev–Trinajstić information content (AvgIpc) is 2.63. The van der Waals surface area contributed by atoms with E-state index in [4.69, 9.17) is 10.7 Å². The number of carbonyl (C=O) groups is 1. The molecule has 126 valence electrons. The number of nitrogens with two attached hydrogens (primary N) is 1. The van der Waals surface area contributed by atoms with Crippen LogP contribution in [0.3, 0.4) is 0 Å². The molecule has 3 rings (SSSR count). The van der Waals surface area contributed by atoms with E-state index in [9.17, 15) is 4.79 Å². The van der Waals surface area contributed by atoms with Crippen molar-refractivity contribution >= 4 is 28.7 Å². The van der Waals surface area contributed by atoms with Crippen LogP contribution >= 0.6 is 0 Å². The third kappa shape index (κ3) is 4.55. The molecule has 0 aliphatic carbocycles. The van der Waals surface area contributed by atoms with Gasteiger partial charge in [-0.2, -0.15) is 5.10 Å². The lowest BCUT2D eigenvalue weighted by atomic mass is 10.1. The molecule has 3 aromatic rings. The Morgan fingerprint density at radius 2 is 1.80 bits per heavy atom. The number of rotatable bonds is 5. The van der Waals surface area contributed by atoms with Crippen molar-refractivity contribution in [2.45, 2.75) is 6.61 Å². The van der Waals surface area contributed by atoms with Crippen LogP contribution in [0.1, 0.15) is 11.1 Å². The standard InChI is InChI=1S/C19H18N4O2/c20-21-12-15-6-7-17-11-18(9-8-16(17)10-15)22-19(24)23-25-13-14-4-2-1-3-5-14/h1-12H,13,20H2,(H2,22,23,24)/b21-12-. The molecular weight excluding hydrogens is 316 g/mol. The average molecular weight is 334 g/mol. The van der Waals surface area contributed by atoms with E-state index >= 15 is 0 Å². The van der Waals surface area contributed by atoms with Gasteiger partial charge in [-0.3, -0.25) is 4.84 Å². The van der Waals surface area contributed by atoms with Crippen LogP contribution in [0.4, 0.5) is 10.5 Å². The summed E-state index contributed by atoms with van der Waals surface area (Å²) < 4.78 is 0. The number of nitrogens with one attached hydrogen (secondary N) is 2. The van der Waals surface area contributed by atoms with Crippen LogP contribution in [0.2, 0.25) is 0 Å². The molecule has 3 aromatic carbocycles. The fourth-order valence-corrected chi connectivity index (χ4v) is 2.42. The second-order valence-electron chi connectivity index (χ2n) is 5.43. The van der Waals surface area contributed by atoms with Crippen LogP contribution in [0.15, 0.2) is 71.8 Å². The maximum atomic E-state index is 11.9. The first kappa shape index (κ1) is 16.5. The zero-order valence-electron chi connectivity index (χ0n) is 13.5. The number of nitrogens with zero attached hydrogens (tertiary/aromatic N) is 1. The second-order valence-corrected chi connectivity index (χ2v) is 5.43. The molecule has 0 atom stereocenters. The molecule has 25 heavy (non-hydrogen) atoms. The molecule has 0 bridgehead atoms. The fourth-order valence-electron chi connectivity index (χ4n) is 2.42. The van der Waals surface area contributed by atoms with E-state index < -0.39 is 6.03 Å². The molecule has 0 saturated heterocycles. The maximum Gasteiger partial charge on any atom is 0.343 e. The summed E-state index contributed by atoms with van der Waals surface area (Å²) in [5.41, 5.74) is 4.94. The Kier molecular flexibility index (Phi) is 5.23. The number of hydroxylamine groups is 1. The van der Waals surface area contributed by atoms with Gasteiger partial charge < -0.3 is 11.2 Å². The van der Waals surface area contributed by atoms with Gasteiger partial charge in [-0.05, 0) is 40.1 Å². The highest BCUT2D eigenvalue weighted by atomic mass is 16.7. The van der Waals surface area contributed by atoms with E-state index in [0.29, 0.717) is 12.3 Å². The van der Waals surface area contributed by atoms with Gasteiger partial charge in [-0.15, -0.1) is 0 Å². The van der Waals surface area contributed by atoms with Gasteiger partial charge in [0.2, 0.25) is 0 Å². The van der Waals surface area contributed by atoms with E-state index in [1.165, 1.54) is 0 Å². The molecule has 0 fully saturated rings. The summed E-state index contributed by atoms with van der Waals surface area (Å²) >= 11 is 0. The van der Waals surface area contributed by atoms with Gasteiger partial charge in [0.15, 0.2) is 0 Å². The number of hydrogen-bond acceptors (Lipinski definition) is 4. The highest BCUT2D eigenvalue weighted by molar-refractivity contribution is 5.95. The van der Waals surface area contributed by atoms with Crippen molar-refractivity contribution in [3.8, 4) is 0 Å². The van der Waals surface area contributed by atoms with E-state index in [0.717, 1.165) is 21.9 Å². The Morgan fingerprint density at radius 3 is 2.60 bits per heavy atom.